The van der Waals surface area contributed by atoms with Crippen molar-refractivity contribution >= 4 is 33.0 Å². The molecule has 0 bridgehead atoms. The molecule has 0 saturated heterocycles. The van der Waals surface area contributed by atoms with E-state index in [0.29, 0.717) is 15.5 Å². The molecule has 27 heavy (non-hydrogen) atoms. The predicted molar refractivity (Wildman–Crippen MR) is 107 cm³/mol. The van der Waals surface area contributed by atoms with Gasteiger partial charge in [0.25, 0.3) is 0 Å². The molecule has 7 heteroatoms. The maximum absolute atomic E-state index is 14.1. The van der Waals surface area contributed by atoms with Gasteiger partial charge in [-0.15, -0.1) is 11.3 Å². The Labute approximate surface area is 166 Å². The van der Waals surface area contributed by atoms with Crippen LogP contribution in [-0.2, 0) is 10.0 Å². The maximum atomic E-state index is 14.1. The third-order valence-electron chi connectivity index (χ3n) is 4.90. The first-order chi connectivity index (χ1) is 12.9. The van der Waals surface area contributed by atoms with Crippen LogP contribution in [0.2, 0.25) is 5.02 Å². The van der Waals surface area contributed by atoms with Crippen LogP contribution in [0.5, 0.6) is 0 Å². The van der Waals surface area contributed by atoms with Crippen molar-refractivity contribution in [1.29, 1.82) is 0 Å². The molecule has 1 heterocycles. The second-order valence-corrected chi connectivity index (χ2v) is 10.1. The van der Waals surface area contributed by atoms with Crippen molar-refractivity contribution in [2.24, 2.45) is 5.92 Å². The summed E-state index contributed by atoms with van der Waals surface area (Å²) in [5.41, 5.74) is 1.47. The molecule has 0 unspecified atom stereocenters. The molecule has 0 aliphatic heterocycles. The molecule has 140 valence electrons. The van der Waals surface area contributed by atoms with Crippen LogP contribution in [0.3, 0.4) is 0 Å². The van der Waals surface area contributed by atoms with Crippen LogP contribution in [0.15, 0.2) is 64.9 Å². The highest BCUT2D eigenvalue weighted by atomic mass is 35.5. The van der Waals surface area contributed by atoms with Crippen LogP contribution in [-0.4, -0.2) is 14.5 Å². The Morgan fingerprint density at radius 3 is 2.52 bits per heavy atom. The van der Waals surface area contributed by atoms with Crippen LogP contribution < -0.4 is 4.72 Å². The van der Waals surface area contributed by atoms with Gasteiger partial charge in [-0.3, -0.25) is 0 Å². The van der Waals surface area contributed by atoms with Gasteiger partial charge in [-0.05, 0) is 41.8 Å². The molecule has 0 radical (unpaired) electrons. The second-order valence-electron chi connectivity index (χ2n) is 6.69. The second kappa shape index (κ2) is 7.02. The molecule has 3 atom stereocenters. The normalized spacial score (nSPS) is 22.0. The van der Waals surface area contributed by atoms with E-state index < -0.39 is 15.8 Å². The van der Waals surface area contributed by atoms with E-state index in [4.69, 9.17) is 11.6 Å². The number of halogens is 2. The topological polar surface area (TPSA) is 46.2 Å². The standard InChI is InChI=1S/C20H17ClFNO2S2/c1-12-19(13-5-3-2-4-6-13)20(12)23-27(24,25)18-10-9-17(26-18)15-8-7-14(21)11-16(15)22/h2-12,19-20,23H,1H3/t12-,19-,20+/m1/s1. The van der Waals surface area contributed by atoms with Crippen molar-refractivity contribution in [1.82, 2.24) is 4.72 Å². The van der Waals surface area contributed by atoms with E-state index in [1.807, 2.05) is 37.3 Å². The Morgan fingerprint density at radius 1 is 1.07 bits per heavy atom. The van der Waals surface area contributed by atoms with Gasteiger partial charge in [-0.25, -0.2) is 17.5 Å². The van der Waals surface area contributed by atoms with E-state index in [1.165, 1.54) is 12.1 Å². The van der Waals surface area contributed by atoms with E-state index in [9.17, 15) is 12.8 Å². The van der Waals surface area contributed by atoms with Gasteiger partial charge >= 0.3 is 0 Å². The molecular formula is C20H17ClFNO2S2. The van der Waals surface area contributed by atoms with Gasteiger partial charge in [0, 0.05) is 27.4 Å². The largest absolute Gasteiger partial charge is 0.250 e. The minimum absolute atomic E-state index is 0.129. The maximum Gasteiger partial charge on any atom is 0.250 e. The zero-order valence-electron chi connectivity index (χ0n) is 14.4. The molecule has 3 aromatic rings. The van der Waals surface area contributed by atoms with Crippen molar-refractivity contribution < 1.29 is 12.8 Å². The summed E-state index contributed by atoms with van der Waals surface area (Å²) in [5, 5.41) is 0.303. The number of hydrogen-bond donors (Lipinski definition) is 1. The minimum atomic E-state index is -3.66. The van der Waals surface area contributed by atoms with Crippen LogP contribution in [0.25, 0.3) is 10.4 Å². The SMILES string of the molecule is C[C@H]1[C@H](NS(=O)(=O)c2ccc(-c3ccc(Cl)cc3F)s2)[C@H]1c1ccccc1. The highest BCUT2D eigenvalue weighted by molar-refractivity contribution is 7.91. The molecule has 0 spiro atoms. The number of rotatable bonds is 5. The van der Waals surface area contributed by atoms with Gasteiger partial charge in [0.1, 0.15) is 10.0 Å². The first kappa shape index (κ1) is 18.6. The molecule has 2 aromatic carbocycles. The quantitative estimate of drug-likeness (QED) is 0.608. The Balaban J connectivity index is 1.54. The Kier molecular flexibility index (Phi) is 4.84. The lowest BCUT2D eigenvalue weighted by molar-refractivity contribution is 0.580. The summed E-state index contributed by atoms with van der Waals surface area (Å²) in [6.07, 6.45) is 0. The lowest BCUT2D eigenvalue weighted by Crippen LogP contribution is -2.27. The lowest BCUT2D eigenvalue weighted by atomic mass is 10.1. The molecule has 0 amide bonds. The summed E-state index contributed by atoms with van der Waals surface area (Å²) in [6.45, 7) is 2.04. The van der Waals surface area contributed by atoms with Gasteiger partial charge in [0.2, 0.25) is 10.0 Å². The minimum Gasteiger partial charge on any atom is -0.206 e. The van der Waals surface area contributed by atoms with E-state index >= 15 is 0 Å². The van der Waals surface area contributed by atoms with Crippen LogP contribution in [0.1, 0.15) is 18.4 Å². The number of thiophene rings is 1. The fourth-order valence-corrected chi connectivity index (χ4v) is 6.22. The van der Waals surface area contributed by atoms with Crippen molar-refractivity contribution in [3.05, 3.63) is 77.1 Å². The average Bonchev–Trinajstić information content (AvgIpc) is 3.04. The van der Waals surface area contributed by atoms with Crippen LogP contribution in [0.4, 0.5) is 4.39 Å². The summed E-state index contributed by atoms with van der Waals surface area (Å²) in [5.74, 6) is -0.0642. The Morgan fingerprint density at radius 2 is 1.81 bits per heavy atom. The van der Waals surface area contributed by atoms with E-state index in [1.54, 1.807) is 18.2 Å². The third-order valence-corrected chi connectivity index (χ3v) is 8.20. The van der Waals surface area contributed by atoms with Crippen LogP contribution >= 0.6 is 22.9 Å². The third kappa shape index (κ3) is 3.67. The first-order valence-corrected chi connectivity index (χ1v) is 11.2. The number of benzene rings is 2. The van der Waals surface area contributed by atoms with Gasteiger partial charge in [-0.1, -0.05) is 48.9 Å². The zero-order chi connectivity index (χ0) is 19.2. The highest BCUT2D eigenvalue weighted by Crippen LogP contribution is 2.48. The molecule has 1 aliphatic rings. The number of hydrogen-bond acceptors (Lipinski definition) is 3. The van der Waals surface area contributed by atoms with Crippen molar-refractivity contribution in [3.63, 3.8) is 0 Å². The van der Waals surface area contributed by atoms with Crippen LogP contribution in [0, 0.1) is 11.7 Å². The summed E-state index contributed by atoms with van der Waals surface area (Å²) in [7, 11) is -3.66. The van der Waals surface area contributed by atoms with Gasteiger partial charge < -0.3 is 0 Å². The molecule has 3 nitrogen and oxygen atoms in total. The smallest absolute Gasteiger partial charge is 0.206 e. The fourth-order valence-electron chi connectivity index (χ4n) is 3.37. The molecule has 1 aromatic heterocycles. The molecule has 4 rings (SSSR count). The fraction of sp³-hybridized carbons (Fsp3) is 0.200. The van der Waals surface area contributed by atoms with Crippen molar-refractivity contribution in [3.8, 4) is 10.4 Å². The number of nitrogens with one attached hydrogen (secondary N) is 1. The summed E-state index contributed by atoms with van der Waals surface area (Å²) in [6, 6.07) is 17.3. The van der Waals surface area contributed by atoms with E-state index in [2.05, 4.69) is 4.72 Å². The highest BCUT2D eigenvalue weighted by Gasteiger charge is 2.49. The van der Waals surface area contributed by atoms with E-state index in [0.717, 1.165) is 16.9 Å². The van der Waals surface area contributed by atoms with Gasteiger partial charge in [-0.2, -0.15) is 0 Å². The Bertz CT molecular complexity index is 1080. The zero-order valence-corrected chi connectivity index (χ0v) is 16.8. The molecule has 1 aliphatic carbocycles. The van der Waals surface area contributed by atoms with E-state index in [-0.39, 0.29) is 22.1 Å². The predicted octanol–water partition coefficient (Wildman–Crippen LogP) is 5.29. The molecule has 1 saturated carbocycles. The molecule has 1 fully saturated rings. The Hall–Kier alpha value is -1.73. The first-order valence-electron chi connectivity index (χ1n) is 8.49. The van der Waals surface area contributed by atoms with Crippen molar-refractivity contribution in [2.45, 2.75) is 23.1 Å². The van der Waals surface area contributed by atoms with Crippen molar-refractivity contribution in [2.75, 3.05) is 0 Å². The average molecular weight is 422 g/mol. The van der Waals surface area contributed by atoms with Gasteiger partial charge in [0.05, 0.1) is 0 Å². The summed E-state index contributed by atoms with van der Waals surface area (Å²) in [4.78, 5) is 0.549. The molecular weight excluding hydrogens is 405 g/mol. The number of sulfonamides is 1. The lowest BCUT2D eigenvalue weighted by Gasteiger charge is -2.05. The summed E-state index contributed by atoms with van der Waals surface area (Å²) < 4.78 is 42.6. The summed E-state index contributed by atoms with van der Waals surface area (Å²) >= 11 is 6.83. The van der Waals surface area contributed by atoms with Gasteiger partial charge in [0.15, 0.2) is 0 Å². The molecule has 1 N–H and O–H groups in total. The monoisotopic (exact) mass is 421 g/mol.